The summed E-state index contributed by atoms with van der Waals surface area (Å²) in [7, 11) is 0. The number of aromatic nitrogens is 2. The Morgan fingerprint density at radius 2 is 1.00 bits per heavy atom. The molecule has 0 aliphatic heterocycles. The lowest BCUT2D eigenvalue weighted by Gasteiger charge is -2.21. The van der Waals surface area contributed by atoms with E-state index in [2.05, 4.69) is 79.1 Å². The number of benzene rings is 6. The van der Waals surface area contributed by atoms with Gasteiger partial charge in [0.25, 0.3) is 11.1 Å². The Balaban J connectivity index is 1.53. The highest BCUT2D eigenvalue weighted by Gasteiger charge is 2.36. The van der Waals surface area contributed by atoms with E-state index in [0.717, 1.165) is 55.0 Å². The Kier molecular flexibility index (Phi) is 5.22. The zero-order valence-electron chi connectivity index (χ0n) is 24.9. The molecule has 0 fully saturated rings. The molecule has 0 atom stereocenters. The molecule has 8 aromatic rings. The predicted octanol–water partition coefficient (Wildman–Crippen LogP) is 8.91. The average Bonchev–Trinajstić information content (AvgIpc) is 3.49. The summed E-state index contributed by atoms with van der Waals surface area (Å²) in [4.78, 5) is 29.3. The highest BCUT2D eigenvalue weighted by atomic mass is 16.2. The summed E-state index contributed by atoms with van der Waals surface area (Å²) >= 11 is 0. The second kappa shape index (κ2) is 9.13. The molecule has 2 aromatic heterocycles. The van der Waals surface area contributed by atoms with Crippen LogP contribution < -0.4 is 11.1 Å². The van der Waals surface area contributed by atoms with Crippen LogP contribution in [0.1, 0.15) is 25.0 Å². The summed E-state index contributed by atoms with van der Waals surface area (Å²) in [5, 5.41) is 4.74. The van der Waals surface area contributed by atoms with E-state index in [1.54, 1.807) is 0 Å². The van der Waals surface area contributed by atoms with E-state index in [1.807, 2.05) is 72.8 Å². The zero-order chi connectivity index (χ0) is 30.4. The first-order chi connectivity index (χ1) is 21.9. The van der Waals surface area contributed by atoms with Crippen LogP contribution in [0.5, 0.6) is 0 Å². The fourth-order valence-corrected chi connectivity index (χ4v) is 7.56. The van der Waals surface area contributed by atoms with Gasteiger partial charge in [-0.25, -0.2) is 4.57 Å². The van der Waals surface area contributed by atoms with Crippen molar-refractivity contribution >= 4 is 43.4 Å². The molecule has 0 radical (unpaired) electrons. The first kappa shape index (κ1) is 25.7. The molecule has 0 saturated carbocycles. The van der Waals surface area contributed by atoms with Crippen LogP contribution in [0.2, 0.25) is 0 Å². The van der Waals surface area contributed by atoms with Crippen molar-refractivity contribution in [3.8, 4) is 22.5 Å². The Hall–Kier alpha value is -5.74. The number of fused-ring (bicyclic) bond motifs is 9. The number of para-hydroxylation sites is 3. The Morgan fingerprint density at radius 1 is 0.422 bits per heavy atom. The van der Waals surface area contributed by atoms with E-state index in [4.69, 9.17) is 0 Å². The lowest BCUT2D eigenvalue weighted by Crippen LogP contribution is -2.28. The first-order valence-electron chi connectivity index (χ1n) is 15.3. The fourth-order valence-electron chi connectivity index (χ4n) is 7.56. The first-order valence-corrected chi connectivity index (χ1v) is 15.3. The number of hydrogen-bond donors (Lipinski definition) is 0. The Labute approximate surface area is 259 Å². The number of hydrogen-bond acceptors (Lipinski definition) is 2. The second-order valence-corrected chi connectivity index (χ2v) is 12.5. The maximum absolute atomic E-state index is 14.7. The molecule has 1 aliphatic carbocycles. The van der Waals surface area contributed by atoms with Crippen molar-refractivity contribution in [2.45, 2.75) is 19.3 Å². The van der Waals surface area contributed by atoms with Crippen LogP contribution in [0.3, 0.4) is 0 Å². The van der Waals surface area contributed by atoms with Crippen molar-refractivity contribution in [3.63, 3.8) is 0 Å². The molecular weight excluding hydrogens is 552 g/mol. The Bertz CT molecular complexity index is 2650. The minimum Gasteiger partial charge on any atom is -0.309 e. The third-order valence-corrected chi connectivity index (χ3v) is 9.72. The number of rotatable bonds is 2. The van der Waals surface area contributed by atoms with Gasteiger partial charge in [-0.15, -0.1) is 0 Å². The third kappa shape index (κ3) is 3.48. The maximum atomic E-state index is 14.7. The molecule has 0 bridgehead atoms. The SMILES string of the molecule is CC1(C)c2ccccc2-c2cc3c(=O)n(-c4ccccc4)c(=O)c4cc5c(cc4c3cc21)c1ccccc1n5-c1ccccc1. The molecule has 2 heterocycles. The van der Waals surface area contributed by atoms with Gasteiger partial charge in [-0.05, 0) is 87.6 Å². The van der Waals surface area contributed by atoms with E-state index < -0.39 is 0 Å². The van der Waals surface area contributed by atoms with Gasteiger partial charge in [0, 0.05) is 27.3 Å². The topological polar surface area (TPSA) is 44.0 Å². The van der Waals surface area contributed by atoms with Gasteiger partial charge in [0.2, 0.25) is 0 Å². The number of nitrogens with zero attached hydrogens (tertiary/aromatic N) is 2. The van der Waals surface area contributed by atoms with Crippen LogP contribution in [-0.2, 0) is 5.41 Å². The standard InChI is InChI=1S/C41H28N2O2/c1-41(2)35-19-11-9-17-27(35)31-22-33-30(23-36(31)41)29-21-32-28-18-10-12-20-37(28)42(25-13-5-3-6-14-25)38(32)24-34(29)40(45)43(39(33)44)26-15-7-4-8-16-26/h3-24H,1-2H3. The zero-order valence-corrected chi connectivity index (χ0v) is 24.9. The summed E-state index contributed by atoms with van der Waals surface area (Å²) in [6.45, 7) is 4.48. The lowest BCUT2D eigenvalue weighted by atomic mass is 9.82. The molecule has 214 valence electrons. The molecule has 45 heavy (non-hydrogen) atoms. The highest BCUT2D eigenvalue weighted by Crippen LogP contribution is 2.50. The summed E-state index contributed by atoms with van der Waals surface area (Å²) < 4.78 is 3.56. The van der Waals surface area contributed by atoms with Crippen molar-refractivity contribution in [2.75, 3.05) is 0 Å². The van der Waals surface area contributed by atoms with Crippen LogP contribution in [0.4, 0.5) is 0 Å². The van der Waals surface area contributed by atoms with Crippen LogP contribution in [0.15, 0.2) is 143 Å². The van der Waals surface area contributed by atoms with Crippen molar-refractivity contribution < 1.29 is 0 Å². The van der Waals surface area contributed by atoms with Crippen molar-refractivity contribution in [3.05, 3.63) is 165 Å². The van der Waals surface area contributed by atoms with E-state index >= 15 is 0 Å². The van der Waals surface area contributed by atoms with Crippen molar-refractivity contribution in [2.24, 2.45) is 0 Å². The Morgan fingerprint density at radius 3 is 1.73 bits per heavy atom. The van der Waals surface area contributed by atoms with E-state index in [9.17, 15) is 9.59 Å². The van der Waals surface area contributed by atoms with E-state index in [-0.39, 0.29) is 16.5 Å². The normalized spacial score (nSPS) is 13.5. The molecule has 0 amide bonds. The van der Waals surface area contributed by atoms with Gasteiger partial charge < -0.3 is 4.57 Å². The third-order valence-electron chi connectivity index (χ3n) is 9.72. The van der Waals surface area contributed by atoms with Gasteiger partial charge in [-0.1, -0.05) is 92.7 Å². The average molecular weight is 581 g/mol. The molecule has 0 N–H and O–H groups in total. The van der Waals surface area contributed by atoms with Crippen LogP contribution in [0.25, 0.3) is 65.9 Å². The summed E-state index contributed by atoms with van der Waals surface area (Å²) in [5.74, 6) is 0. The molecule has 4 nitrogen and oxygen atoms in total. The summed E-state index contributed by atoms with van der Waals surface area (Å²) in [6.07, 6.45) is 0. The highest BCUT2D eigenvalue weighted by molar-refractivity contribution is 6.18. The van der Waals surface area contributed by atoms with Gasteiger partial charge >= 0.3 is 0 Å². The van der Waals surface area contributed by atoms with E-state index in [0.29, 0.717) is 16.5 Å². The maximum Gasteiger partial charge on any atom is 0.266 e. The van der Waals surface area contributed by atoms with E-state index in [1.165, 1.54) is 10.1 Å². The minimum absolute atomic E-state index is 0.257. The smallest absolute Gasteiger partial charge is 0.266 e. The summed E-state index contributed by atoms with van der Waals surface area (Å²) in [6, 6.07) is 44.6. The quantitative estimate of drug-likeness (QED) is 0.205. The molecule has 0 spiro atoms. The van der Waals surface area contributed by atoms with Gasteiger partial charge in [-0.3, -0.25) is 9.59 Å². The van der Waals surface area contributed by atoms with Crippen molar-refractivity contribution in [1.82, 2.24) is 9.13 Å². The van der Waals surface area contributed by atoms with Gasteiger partial charge in [0.1, 0.15) is 0 Å². The summed E-state index contributed by atoms with van der Waals surface area (Å²) in [5.41, 5.74) is 7.23. The minimum atomic E-state index is -0.330. The predicted molar refractivity (Wildman–Crippen MR) is 185 cm³/mol. The molecule has 6 aromatic carbocycles. The monoisotopic (exact) mass is 580 g/mol. The van der Waals surface area contributed by atoms with Gasteiger partial charge in [0.05, 0.1) is 22.1 Å². The molecule has 4 heteroatoms. The van der Waals surface area contributed by atoms with Gasteiger partial charge in [-0.2, -0.15) is 0 Å². The fraction of sp³-hybridized carbons (Fsp3) is 0.0732. The molecular formula is C41H28N2O2. The molecule has 9 rings (SSSR count). The second-order valence-electron chi connectivity index (χ2n) is 12.5. The van der Waals surface area contributed by atoms with Crippen LogP contribution >= 0.6 is 0 Å². The van der Waals surface area contributed by atoms with Gasteiger partial charge in [0.15, 0.2) is 0 Å². The van der Waals surface area contributed by atoms with Crippen LogP contribution in [0, 0.1) is 0 Å². The lowest BCUT2D eigenvalue weighted by molar-refractivity contribution is 0.661. The largest absolute Gasteiger partial charge is 0.309 e. The van der Waals surface area contributed by atoms with Crippen molar-refractivity contribution in [1.29, 1.82) is 0 Å². The van der Waals surface area contributed by atoms with Crippen LogP contribution in [-0.4, -0.2) is 9.13 Å². The molecule has 0 unspecified atom stereocenters. The molecule has 0 saturated heterocycles. The molecule has 1 aliphatic rings.